The van der Waals surface area contributed by atoms with Crippen molar-refractivity contribution in [2.24, 2.45) is 5.92 Å². The molecule has 0 aliphatic carbocycles. The van der Waals surface area contributed by atoms with Crippen LogP contribution < -0.4 is 0 Å². The topological polar surface area (TPSA) is 57.8 Å². The fourth-order valence-corrected chi connectivity index (χ4v) is 4.21. The first-order valence-electron chi connectivity index (χ1n) is 9.43. The largest absolute Gasteiger partial charge is 0.383 e. The lowest BCUT2D eigenvalue weighted by atomic mass is 9.90. The normalized spacial score (nSPS) is 24.4. The van der Waals surface area contributed by atoms with Crippen LogP contribution in [0.5, 0.6) is 0 Å². The lowest BCUT2D eigenvalue weighted by molar-refractivity contribution is 0.0328. The molecule has 2 aliphatic rings. The number of hydrogen-bond acceptors (Lipinski definition) is 4. The first-order chi connectivity index (χ1) is 12.8. The number of nitrogens with zero attached hydrogens (tertiary/aromatic N) is 2. The molecule has 4 rings (SSSR count). The third-order valence-corrected chi connectivity index (χ3v) is 5.72. The molecule has 0 spiro atoms. The van der Waals surface area contributed by atoms with Gasteiger partial charge in [-0.2, -0.15) is 0 Å². The number of carbonyl (C=O) groups is 1. The van der Waals surface area contributed by atoms with Crippen LogP contribution in [0.3, 0.4) is 0 Å². The van der Waals surface area contributed by atoms with E-state index in [1.807, 2.05) is 35.4 Å². The Labute approximate surface area is 154 Å². The van der Waals surface area contributed by atoms with Crippen LogP contribution in [-0.2, 0) is 9.47 Å². The number of likely N-dealkylation sites (tertiary alicyclic amines) is 1. The molecule has 0 unspecified atom stereocenters. The van der Waals surface area contributed by atoms with Crippen LogP contribution >= 0.6 is 0 Å². The number of ether oxygens (including phenoxy) is 2. The van der Waals surface area contributed by atoms with Gasteiger partial charge in [-0.25, -0.2) is 0 Å². The van der Waals surface area contributed by atoms with E-state index >= 15 is 0 Å². The zero-order valence-electron chi connectivity index (χ0n) is 15.3. The first kappa shape index (κ1) is 17.5. The smallest absolute Gasteiger partial charge is 0.253 e. The molecule has 6 heteroatoms. The Morgan fingerprint density at radius 3 is 3.15 bits per heavy atom. The lowest BCUT2D eigenvalue weighted by Gasteiger charge is -2.42. The van der Waals surface area contributed by atoms with Crippen LogP contribution in [-0.4, -0.2) is 79.8 Å². The molecule has 3 heterocycles. The molecule has 2 saturated heterocycles. The van der Waals surface area contributed by atoms with Crippen molar-refractivity contribution in [2.45, 2.75) is 12.5 Å². The maximum Gasteiger partial charge on any atom is 0.253 e. The van der Waals surface area contributed by atoms with Crippen LogP contribution in [0.25, 0.3) is 10.9 Å². The van der Waals surface area contributed by atoms with Gasteiger partial charge in [0.1, 0.15) is 0 Å². The second kappa shape index (κ2) is 7.78. The van der Waals surface area contributed by atoms with Crippen LogP contribution in [0.2, 0.25) is 0 Å². The van der Waals surface area contributed by atoms with Gasteiger partial charge in [0.2, 0.25) is 0 Å². The molecule has 6 nitrogen and oxygen atoms in total. The van der Waals surface area contributed by atoms with Crippen LogP contribution in [0.15, 0.2) is 30.5 Å². The zero-order valence-corrected chi connectivity index (χ0v) is 15.3. The SMILES string of the molecule is COCCN1CCOC[C@H]2CCN(C(=O)c3ccc4[nH]ccc4c3)C[C@H]21. The number of nitrogens with one attached hydrogen (secondary N) is 1. The standard InChI is InChI=1S/C20H27N3O3/c1-25-10-8-22-9-11-26-14-17-5-7-23(13-19(17)22)20(24)16-2-3-18-15(12-16)4-6-21-18/h2-4,6,12,17,19,21H,5,7-11,13-14H2,1H3/t17-,19-/m1/s1. The summed E-state index contributed by atoms with van der Waals surface area (Å²) >= 11 is 0. The van der Waals surface area contributed by atoms with Crippen molar-refractivity contribution >= 4 is 16.8 Å². The van der Waals surface area contributed by atoms with Crippen molar-refractivity contribution < 1.29 is 14.3 Å². The Bertz CT molecular complexity index is 760. The Hall–Kier alpha value is -1.89. The maximum absolute atomic E-state index is 13.1. The van der Waals surface area contributed by atoms with Crippen molar-refractivity contribution in [3.63, 3.8) is 0 Å². The highest BCUT2D eigenvalue weighted by Crippen LogP contribution is 2.26. The van der Waals surface area contributed by atoms with Crippen molar-refractivity contribution in [1.29, 1.82) is 0 Å². The number of H-pyrrole nitrogens is 1. The Morgan fingerprint density at radius 2 is 2.27 bits per heavy atom. The molecule has 0 bridgehead atoms. The van der Waals surface area contributed by atoms with Gasteiger partial charge in [0.05, 0.1) is 19.8 Å². The van der Waals surface area contributed by atoms with Crippen molar-refractivity contribution in [2.75, 3.05) is 53.1 Å². The number of methoxy groups -OCH3 is 1. The summed E-state index contributed by atoms with van der Waals surface area (Å²) in [5.41, 5.74) is 1.83. The highest BCUT2D eigenvalue weighted by Gasteiger charge is 2.36. The number of fused-ring (bicyclic) bond motifs is 2. The summed E-state index contributed by atoms with van der Waals surface area (Å²) in [7, 11) is 1.74. The van der Waals surface area contributed by atoms with Crippen LogP contribution in [0, 0.1) is 5.92 Å². The number of carbonyl (C=O) groups excluding carboxylic acids is 1. The predicted molar refractivity (Wildman–Crippen MR) is 100 cm³/mol. The molecule has 2 fully saturated rings. The van der Waals surface area contributed by atoms with E-state index in [9.17, 15) is 4.79 Å². The van der Waals surface area contributed by atoms with Gasteiger partial charge in [0.25, 0.3) is 5.91 Å². The summed E-state index contributed by atoms with van der Waals surface area (Å²) in [5, 5.41) is 1.08. The number of hydrogen-bond donors (Lipinski definition) is 1. The van der Waals surface area contributed by atoms with E-state index < -0.39 is 0 Å². The summed E-state index contributed by atoms with van der Waals surface area (Å²) in [6.45, 7) is 5.62. The fraction of sp³-hybridized carbons (Fsp3) is 0.550. The summed E-state index contributed by atoms with van der Waals surface area (Å²) in [6.07, 6.45) is 2.90. The van der Waals surface area contributed by atoms with E-state index in [-0.39, 0.29) is 5.91 Å². The quantitative estimate of drug-likeness (QED) is 0.909. The maximum atomic E-state index is 13.1. The molecule has 140 valence electrons. The average molecular weight is 357 g/mol. The van der Waals surface area contributed by atoms with Crippen molar-refractivity contribution in [1.82, 2.24) is 14.8 Å². The number of benzene rings is 1. The molecule has 1 amide bonds. The number of aromatic nitrogens is 1. The summed E-state index contributed by atoms with van der Waals surface area (Å²) in [6, 6.07) is 8.25. The second-order valence-corrected chi connectivity index (χ2v) is 7.25. The average Bonchev–Trinajstić information content (AvgIpc) is 3.05. The van der Waals surface area contributed by atoms with E-state index in [1.165, 1.54) is 0 Å². The van der Waals surface area contributed by atoms with Gasteiger partial charge in [-0.05, 0) is 30.7 Å². The molecule has 1 N–H and O–H groups in total. The Kier molecular flexibility index (Phi) is 5.24. The number of piperidine rings is 1. The van der Waals surface area contributed by atoms with E-state index in [0.29, 0.717) is 18.6 Å². The molecule has 1 aromatic heterocycles. The minimum absolute atomic E-state index is 0.128. The van der Waals surface area contributed by atoms with Gasteiger partial charge in [-0.3, -0.25) is 9.69 Å². The van der Waals surface area contributed by atoms with Gasteiger partial charge in [-0.1, -0.05) is 0 Å². The molecule has 2 aromatic rings. The van der Waals surface area contributed by atoms with Gasteiger partial charge in [-0.15, -0.1) is 0 Å². The van der Waals surface area contributed by atoms with Gasteiger partial charge in [0.15, 0.2) is 0 Å². The molecule has 26 heavy (non-hydrogen) atoms. The highest BCUT2D eigenvalue weighted by molar-refractivity contribution is 5.98. The molecule has 0 saturated carbocycles. The lowest BCUT2D eigenvalue weighted by Crippen LogP contribution is -2.55. The highest BCUT2D eigenvalue weighted by atomic mass is 16.5. The summed E-state index contributed by atoms with van der Waals surface area (Å²) < 4.78 is 11.1. The molecule has 2 aliphatic heterocycles. The van der Waals surface area contributed by atoms with Gasteiger partial charge < -0.3 is 19.4 Å². The fourth-order valence-electron chi connectivity index (χ4n) is 4.21. The zero-order chi connectivity index (χ0) is 17.9. The monoisotopic (exact) mass is 357 g/mol. The third kappa shape index (κ3) is 3.49. The molecular weight excluding hydrogens is 330 g/mol. The summed E-state index contributed by atoms with van der Waals surface area (Å²) in [4.78, 5) is 20.7. The molecule has 1 aromatic carbocycles. The first-order valence-corrected chi connectivity index (χ1v) is 9.43. The number of amides is 1. The van der Waals surface area contributed by atoms with E-state index in [1.54, 1.807) is 7.11 Å². The second-order valence-electron chi connectivity index (χ2n) is 7.25. The Balaban J connectivity index is 1.51. The minimum atomic E-state index is 0.128. The van der Waals surface area contributed by atoms with Crippen LogP contribution in [0.1, 0.15) is 16.8 Å². The van der Waals surface area contributed by atoms with E-state index in [0.717, 1.165) is 62.3 Å². The minimum Gasteiger partial charge on any atom is -0.383 e. The molecule has 0 radical (unpaired) electrons. The van der Waals surface area contributed by atoms with E-state index in [2.05, 4.69) is 9.88 Å². The Morgan fingerprint density at radius 1 is 1.35 bits per heavy atom. The van der Waals surface area contributed by atoms with Crippen LogP contribution in [0.4, 0.5) is 0 Å². The van der Waals surface area contributed by atoms with Gasteiger partial charge in [0, 0.05) is 67.9 Å². The number of rotatable bonds is 4. The van der Waals surface area contributed by atoms with Gasteiger partial charge >= 0.3 is 0 Å². The van der Waals surface area contributed by atoms with Crippen molar-refractivity contribution in [3.05, 3.63) is 36.0 Å². The number of aromatic amines is 1. The third-order valence-electron chi connectivity index (χ3n) is 5.72. The summed E-state index contributed by atoms with van der Waals surface area (Å²) in [5.74, 6) is 0.619. The van der Waals surface area contributed by atoms with Crippen molar-refractivity contribution in [3.8, 4) is 0 Å². The van der Waals surface area contributed by atoms with E-state index in [4.69, 9.17) is 9.47 Å². The molecular formula is C20H27N3O3. The predicted octanol–water partition coefficient (Wildman–Crippen LogP) is 1.98. The molecule has 2 atom stereocenters.